The number of rotatable bonds is 7. The van der Waals surface area contributed by atoms with Crippen LogP contribution in [-0.2, 0) is 6.54 Å². The van der Waals surface area contributed by atoms with E-state index in [1.165, 1.54) is 0 Å². The maximum atomic E-state index is 12.3. The largest absolute Gasteiger partial charge is 0.490 e. The summed E-state index contributed by atoms with van der Waals surface area (Å²) in [5.41, 5.74) is 0.632. The van der Waals surface area contributed by atoms with Crippen LogP contribution in [0, 0.1) is 0 Å². The van der Waals surface area contributed by atoms with Gasteiger partial charge in [-0.3, -0.25) is 14.6 Å². The first-order valence-corrected chi connectivity index (χ1v) is 11.4. The summed E-state index contributed by atoms with van der Waals surface area (Å²) in [6.45, 7) is 4.86. The average molecular weight is 445 g/mol. The second-order valence-corrected chi connectivity index (χ2v) is 8.55. The van der Waals surface area contributed by atoms with E-state index in [0.29, 0.717) is 24.3 Å². The van der Waals surface area contributed by atoms with Crippen LogP contribution < -0.4 is 10.3 Å². The number of nitrogens with one attached hydrogen (secondary N) is 1. The van der Waals surface area contributed by atoms with Gasteiger partial charge in [0.1, 0.15) is 24.3 Å². The van der Waals surface area contributed by atoms with Gasteiger partial charge in [0.2, 0.25) is 0 Å². The monoisotopic (exact) mass is 444 g/mol. The molecular formula is C26H28N4O3. The summed E-state index contributed by atoms with van der Waals surface area (Å²) in [6.07, 6.45) is -0.561. The highest BCUT2D eigenvalue weighted by Crippen LogP contribution is 2.25. The zero-order valence-electron chi connectivity index (χ0n) is 18.5. The Morgan fingerprint density at radius 1 is 0.909 bits per heavy atom. The number of β-amino-alcohol motifs (C(OH)–C–C–N with tert-alkyl or cyclic N) is 1. The number of aliphatic hydroxyl groups excluding tert-OH is 1. The first-order valence-electron chi connectivity index (χ1n) is 11.4. The molecule has 1 saturated heterocycles. The lowest BCUT2D eigenvalue weighted by molar-refractivity contribution is 0.0445. The van der Waals surface area contributed by atoms with Gasteiger partial charge in [0, 0.05) is 38.1 Å². The molecule has 0 saturated carbocycles. The van der Waals surface area contributed by atoms with Crippen molar-refractivity contribution in [2.24, 2.45) is 0 Å². The molecule has 3 aromatic carbocycles. The van der Waals surface area contributed by atoms with Crippen molar-refractivity contribution in [3.05, 3.63) is 82.9 Å². The van der Waals surface area contributed by atoms with Gasteiger partial charge < -0.3 is 14.8 Å². The third-order valence-corrected chi connectivity index (χ3v) is 6.15. The number of hydrogen-bond donors (Lipinski definition) is 2. The molecule has 1 unspecified atom stereocenters. The Labute approximate surface area is 192 Å². The van der Waals surface area contributed by atoms with E-state index >= 15 is 0 Å². The standard InChI is InChI=1S/C26H28N4O3/c31-20(18-33-24-11-5-7-19-6-1-2-8-21(19)24)16-29-12-14-30(15-13-29)17-25-27-23-10-4-3-9-22(23)26(32)28-25/h1-11,20,31H,12-18H2,(H,27,28,32). The molecule has 4 aromatic rings. The topological polar surface area (TPSA) is 81.7 Å². The van der Waals surface area contributed by atoms with Gasteiger partial charge in [-0.25, -0.2) is 4.98 Å². The van der Waals surface area contributed by atoms with E-state index in [0.717, 1.165) is 48.2 Å². The van der Waals surface area contributed by atoms with E-state index in [2.05, 4.69) is 31.9 Å². The van der Waals surface area contributed by atoms with E-state index in [1.807, 2.05) is 48.5 Å². The molecule has 1 atom stereocenters. The number of hydrogen-bond acceptors (Lipinski definition) is 6. The number of aromatic nitrogens is 2. The average Bonchev–Trinajstić information content (AvgIpc) is 2.84. The smallest absolute Gasteiger partial charge is 0.258 e. The molecule has 2 heterocycles. The normalized spacial score (nSPS) is 16.3. The maximum absolute atomic E-state index is 12.3. The minimum Gasteiger partial charge on any atom is -0.490 e. The van der Waals surface area contributed by atoms with E-state index in [-0.39, 0.29) is 12.2 Å². The Morgan fingerprint density at radius 3 is 2.45 bits per heavy atom. The highest BCUT2D eigenvalue weighted by molar-refractivity contribution is 5.88. The fraction of sp³-hybridized carbons (Fsp3) is 0.308. The minimum absolute atomic E-state index is 0.0939. The summed E-state index contributed by atoms with van der Waals surface area (Å²) in [5.74, 6) is 1.49. The molecule has 5 rings (SSSR count). The number of nitrogens with zero attached hydrogens (tertiary/aromatic N) is 3. The zero-order valence-corrected chi connectivity index (χ0v) is 18.5. The molecule has 7 nitrogen and oxygen atoms in total. The van der Waals surface area contributed by atoms with Crippen LogP contribution in [0.2, 0.25) is 0 Å². The van der Waals surface area contributed by atoms with E-state index in [9.17, 15) is 9.90 Å². The number of fused-ring (bicyclic) bond motifs is 2. The quantitative estimate of drug-likeness (QED) is 0.456. The fourth-order valence-corrected chi connectivity index (χ4v) is 4.41. The van der Waals surface area contributed by atoms with Gasteiger partial charge in [-0.05, 0) is 23.6 Å². The van der Waals surface area contributed by atoms with Crippen molar-refractivity contribution in [2.75, 3.05) is 39.3 Å². The number of aliphatic hydroxyl groups is 1. The van der Waals surface area contributed by atoms with E-state index < -0.39 is 6.10 Å². The van der Waals surface area contributed by atoms with Gasteiger partial charge >= 0.3 is 0 Å². The van der Waals surface area contributed by atoms with Crippen molar-refractivity contribution in [2.45, 2.75) is 12.6 Å². The number of para-hydroxylation sites is 1. The van der Waals surface area contributed by atoms with Gasteiger partial charge in [0.05, 0.1) is 17.4 Å². The second kappa shape index (κ2) is 9.70. The lowest BCUT2D eigenvalue weighted by atomic mass is 10.1. The van der Waals surface area contributed by atoms with Gasteiger partial charge in [-0.1, -0.05) is 48.5 Å². The summed E-state index contributed by atoms with van der Waals surface area (Å²) < 4.78 is 5.94. The van der Waals surface area contributed by atoms with Crippen molar-refractivity contribution in [1.82, 2.24) is 19.8 Å². The molecule has 1 aliphatic rings. The molecule has 0 bridgehead atoms. The summed E-state index contributed by atoms with van der Waals surface area (Å²) in [7, 11) is 0. The van der Waals surface area contributed by atoms with Crippen molar-refractivity contribution >= 4 is 21.7 Å². The molecule has 0 amide bonds. The summed E-state index contributed by atoms with van der Waals surface area (Å²) in [5, 5.41) is 13.3. The van der Waals surface area contributed by atoms with E-state index in [1.54, 1.807) is 6.07 Å². The lowest BCUT2D eigenvalue weighted by Gasteiger charge is -2.35. The molecule has 1 aliphatic heterocycles. The van der Waals surface area contributed by atoms with Gasteiger partial charge in [0.25, 0.3) is 5.56 Å². The predicted molar refractivity (Wildman–Crippen MR) is 130 cm³/mol. The Hall–Kier alpha value is -3.26. The molecular weight excluding hydrogens is 416 g/mol. The Balaban J connectivity index is 1.11. The van der Waals surface area contributed by atoms with Crippen molar-refractivity contribution in [3.8, 4) is 5.75 Å². The van der Waals surface area contributed by atoms with Crippen LogP contribution in [0.5, 0.6) is 5.75 Å². The van der Waals surface area contributed by atoms with Gasteiger partial charge in [-0.2, -0.15) is 0 Å². The van der Waals surface area contributed by atoms with Gasteiger partial charge in [-0.15, -0.1) is 0 Å². The van der Waals surface area contributed by atoms with Crippen LogP contribution in [0.3, 0.4) is 0 Å². The molecule has 33 heavy (non-hydrogen) atoms. The minimum atomic E-state index is -0.561. The zero-order chi connectivity index (χ0) is 22.6. The third kappa shape index (κ3) is 5.06. The maximum Gasteiger partial charge on any atom is 0.258 e. The second-order valence-electron chi connectivity index (χ2n) is 8.55. The van der Waals surface area contributed by atoms with Crippen LogP contribution in [0.4, 0.5) is 0 Å². The van der Waals surface area contributed by atoms with Crippen molar-refractivity contribution in [3.63, 3.8) is 0 Å². The van der Waals surface area contributed by atoms with Crippen LogP contribution in [0.1, 0.15) is 5.82 Å². The molecule has 0 spiro atoms. The van der Waals surface area contributed by atoms with Gasteiger partial charge in [0.15, 0.2) is 0 Å². The molecule has 0 aliphatic carbocycles. The first-order chi connectivity index (χ1) is 16.2. The van der Waals surface area contributed by atoms with E-state index in [4.69, 9.17) is 4.74 Å². The summed E-state index contributed by atoms with van der Waals surface area (Å²) >= 11 is 0. The van der Waals surface area contributed by atoms with Crippen LogP contribution >= 0.6 is 0 Å². The van der Waals surface area contributed by atoms with Crippen LogP contribution in [-0.4, -0.2) is 70.3 Å². The molecule has 2 N–H and O–H groups in total. The highest BCUT2D eigenvalue weighted by Gasteiger charge is 2.20. The SMILES string of the molecule is O=c1[nH]c(CN2CCN(CC(O)COc3cccc4ccccc34)CC2)nc2ccccc12. The molecule has 7 heteroatoms. The third-order valence-electron chi connectivity index (χ3n) is 6.15. The predicted octanol–water partition coefficient (Wildman–Crippen LogP) is 2.63. The summed E-state index contributed by atoms with van der Waals surface area (Å²) in [6, 6.07) is 21.5. The van der Waals surface area contributed by atoms with Crippen molar-refractivity contribution < 1.29 is 9.84 Å². The Kier molecular flexibility index (Phi) is 6.35. The Bertz CT molecular complexity index is 1290. The number of ether oxygens (including phenoxy) is 1. The fourth-order valence-electron chi connectivity index (χ4n) is 4.41. The lowest BCUT2D eigenvalue weighted by Crippen LogP contribution is -2.49. The summed E-state index contributed by atoms with van der Waals surface area (Å²) in [4.78, 5) is 24.3. The number of H-pyrrole nitrogens is 1. The number of piperazine rings is 1. The highest BCUT2D eigenvalue weighted by atomic mass is 16.5. The molecule has 1 aromatic heterocycles. The first kappa shape index (κ1) is 21.6. The molecule has 0 radical (unpaired) electrons. The number of aromatic amines is 1. The van der Waals surface area contributed by atoms with Crippen molar-refractivity contribution in [1.29, 1.82) is 0 Å². The molecule has 1 fully saturated rings. The van der Waals surface area contributed by atoms with Crippen LogP contribution in [0.15, 0.2) is 71.5 Å². The molecule has 170 valence electrons. The Morgan fingerprint density at radius 2 is 1.61 bits per heavy atom. The number of benzene rings is 3. The van der Waals surface area contributed by atoms with Crippen LogP contribution in [0.25, 0.3) is 21.7 Å².